The molecule has 0 aromatic rings. The molecule has 0 bridgehead atoms. The molecule has 0 aliphatic rings. The second kappa shape index (κ2) is 7.12. The third kappa shape index (κ3) is 11.7. The van der Waals surface area contributed by atoms with Crippen LogP contribution in [0.3, 0.4) is 0 Å². The van der Waals surface area contributed by atoms with E-state index in [0.717, 1.165) is 6.08 Å². The quantitative estimate of drug-likeness (QED) is 0.165. The summed E-state index contributed by atoms with van der Waals surface area (Å²) < 4.78 is 36.0. The smallest absolute Gasteiger partial charge is 1.00 e. The van der Waals surface area contributed by atoms with Crippen LogP contribution in [0.15, 0.2) is 12.7 Å². The molecule has 0 unspecified atom stereocenters. The molecule has 6 nitrogen and oxygen atoms in total. The van der Waals surface area contributed by atoms with Gasteiger partial charge in [-0.2, -0.15) is 8.42 Å². The maximum atomic E-state index is 10.3. The SMILES string of the molecule is C=CC(=O)OCCOS(=O)(=O)O.[H-].[Li+]. The van der Waals surface area contributed by atoms with Crippen LogP contribution in [0.2, 0.25) is 0 Å². The number of esters is 1. The molecule has 1 N–H and O–H groups in total. The minimum Gasteiger partial charge on any atom is -1.00 e. The van der Waals surface area contributed by atoms with E-state index >= 15 is 0 Å². The number of rotatable bonds is 5. The van der Waals surface area contributed by atoms with Gasteiger partial charge >= 0.3 is 35.2 Å². The first-order chi connectivity index (χ1) is 5.45. The summed E-state index contributed by atoms with van der Waals surface area (Å²) in [5.41, 5.74) is 0. The Kier molecular flexibility index (Phi) is 8.30. The molecule has 0 aromatic carbocycles. The Morgan fingerprint density at radius 3 is 2.46 bits per heavy atom. The Balaban J connectivity index is -0.000000605. The molecule has 0 aliphatic heterocycles. The Morgan fingerprint density at radius 2 is 2.08 bits per heavy atom. The zero-order valence-corrected chi connectivity index (χ0v) is 7.91. The predicted octanol–water partition coefficient (Wildman–Crippen LogP) is -3.35. The summed E-state index contributed by atoms with van der Waals surface area (Å²) in [7, 11) is -4.45. The van der Waals surface area contributed by atoms with Gasteiger partial charge in [0, 0.05) is 6.08 Å². The van der Waals surface area contributed by atoms with Crippen molar-refractivity contribution in [1.29, 1.82) is 0 Å². The largest absolute Gasteiger partial charge is 1.00 e. The van der Waals surface area contributed by atoms with Crippen molar-refractivity contribution in [3.8, 4) is 0 Å². The van der Waals surface area contributed by atoms with Gasteiger partial charge in [0.1, 0.15) is 13.2 Å². The maximum Gasteiger partial charge on any atom is 1.00 e. The Bertz CT molecular complexity index is 263. The molecule has 0 saturated carbocycles. The van der Waals surface area contributed by atoms with E-state index in [0.29, 0.717) is 0 Å². The van der Waals surface area contributed by atoms with Crippen LogP contribution in [0.5, 0.6) is 0 Å². The van der Waals surface area contributed by atoms with E-state index < -0.39 is 23.0 Å². The van der Waals surface area contributed by atoms with Crippen LogP contribution in [-0.4, -0.2) is 32.2 Å². The van der Waals surface area contributed by atoms with Crippen LogP contribution in [0.25, 0.3) is 0 Å². The molecule has 0 amide bonds. The first kappa shape index (κ1) is 15.2. The molecule has 0 aliphatic carbocycles. The fourth-order valence-corrected chi connectivity index (χ4v) is 0.619. The number of hydrogen-bond acceptors (Lipinski definition) is 5. The van der Waals surface area contributed by atoms with Gasteiger partial charge in [-0.15, -0.1) is 0 Å². The Hall–Kier alpha value is -0.323. The summed E-state index contributed by atoms with van der Waals surface area (Å²) >= 11 is 0. The van der Waals surface area contributed by atoms with Crippen molar-refractivity contribution in [3.63, 3.8) is 0 Å². The molecule has 0 spiro atoms. The van der Waals surface area contributed by atoms with Crippen molar-refractivity contribution >= 4 is 16.4 Å². The number of carbonyl (C=O) groups excluding carboxylic acids is 1. The van der Waals surface area contributed by atoms with Gasteiger partial charge in [-0.25, -0.2) is 8.98 Å². The van der Waals surface area contributed by atoms with E-state index in [1.165, 1.54) is 0 Å². The van der Waals surface area contributed by atoms with Crippen LogP contribution in [0.4, 0.5) is 0 Å². The van der Waals surface area contributed by atoms with E-state index in [9.17, 15) is 13.2 Å². The average Bonchev–Trinajstić information content (AvgIpc) is 1.96. The molecule has 0 saturated heterocycles. The predicted molar refractivity (Wildman–Crippen MR) is 39.8 cm³/mol. The first-order valence-electron chi connectivity index (χ1n) is 2.87. The van der Waals surface area contributed by atoms with Crippen molar-refractivity contribution in [1.82, 2.24) is 0 Å². The van der Waals surface area contributed by atoms with Gasteiger partial charge in [0.05, 0.1) is 0 Å². The van der Waals surface area contributed by atoms with Gasteiger partial charge in [0.2, 0.25) is 0 Å². The van der Waals surface area contributed by atoms with Crippen LogP contribution in [-0.2, 0) is 24.1 Å². The number of carbonyl (C=O) groups is 1. The second-order valence-corrected chi connectivity index (χ2v) is 2.71. The minimum atomic E-state index is -4.45. The van der Waals surface area contributed by atoms with Crippen molar-refractivity contribution < 1.29 is 47.0 Å². The van der Waals surface area contributed by atoms with Crippen molar-refractivity contribution in [3.05, 3.63) is 12.7 Å². The Morgan fingerprint density at radius 1 is 1.54 bits per heavy atom. The average molecular weight is 204 g/mol. The van der Waals surface area contributed by atoms with Crippen LogP contribution < -0.4 is 18.9 Å². The van der Waals surface area contributed by atoms with E-state index in [4.69, 9.17) is 4.55 Å². The van der Waals surface area contributed by atoms with Crippen molar-refractivity contribution in [2.45, 2.75) is 0 Å². The van der Waals surface area contributed by atoms with Gasteiger partial charge in [0.15, 0.2) is 0 Å². The van der Waals surface area contributed by atoms with Crippen LogP contribution in [0.1, 0.15) is 1.43 Å². The van der Waals surface area contributed by atoms with Crippen molar-refractivity contribution in [2.24, 2.45) is 0 Å². The summed E-state index contributed by atoms with van der Waals surface area (Å²) in [6.07, 6.45) is 0.924. The zero-order valence-electron chi connectivity index (χ0n) is 8.10. The molecule has 0 rings (SSSR count). The van der Waals surface area contributed by atoms with Crippen molar-refractivity contribution in [2.75, 3.05) is 13.2 Å². The van der Waals surface area contributed by atoms with E-state index in [-0.39, 0.29) is 26.9 Å². The summed E-state index contributed by atoms with van der Waals surface area (Å²) in [5, 5.41) is 0. The molecule has 0 aromatic heterocycles. The molecular weight excluding hydrogens is 195 g/mol. The van der Waals surface area contributed by atoms with E-state index in [1.807, 2.05) is 0 Å². The third-order valence-corrected chi connectivity index (χ3v) is 1.19. The molecule has 0 fully saturated rings. The van der Waals surface area contributed by atoms with Crippen LogP contribution >= 0.6 is 0 Å². The molecule has 0 heterocycles. The van der Waals surface area contributed by atoms with E-state index in [2.05, 4.69) is 15.5 Å². The normalized spacial score (nSPS) is 9.92. The number of ether oxygens (including phenoxy) is 1. The van der Waals surface area contributed by atoms with Gasteiger partial charge in [0.25, 0.3) is 0 Å². The standard InChI is InChI=1S/C5H8O6S.Li.H/c1-2-5(6)10-3-4-11-12(7,8)9;;/h2H,1,3-4H2,(H,7,8,9);;/q;+1;-1. The van der Waals surface area contributed by atoms with Gasteiger partial charge in [-0.3, -0.25) is 4.55 Å². The molecular formula is C5H9LiO6S. The second-order valence-electron chi connectivity index (χ2n) is 1.62. The van der Waals surface area contributed by atoms with Gasteiger partial charge in [-0.1, -0.05) is 6.58 Å². The third-order valence-electron chi connectivity index (χ3n) is 0.727. The summed E-state index contributed by atoms with van der Waals surface area (Å²) in [6.45, 7) is 2.43. The zero-order chi connectivity index (χ0) is 9.61. The minimum absolute atomic E-state index is 0. The molecule has 0 atom stereocenters. The molecule has 8 heteroatoms. The Labute approximate surface area is 89.5 Å². The fourth-order valence-electron chi connectivity index (χ4n) is 0.341. The monoisotopic (exact) mass is 204 g/mol. The van der Waals surface area contributed by atoms with Crippen LogP contribution in [0, 0.1) is 0 Å². The summed E-state index contributed by atoms with van der Waals surface area (Å²) in [6, 6.07) is 0. The van der Waals surface area contributed by atoms with Gasteiger partial charge < -0.3 is 6.16 Å². The fraction of sp³-hybridized carbons (Fsp3) is 0.400. The molecule has 0 radical (unpaired) electrons. The maximum absolute atomic E-state index is 10.3. The summed E-state index contributed by atoms with van der Waals surface area (Å²) in [4.78, 5) is 10.3. The molecule has 13 heavy (non-hydrogen) atoms. The van der Waals surface area contributed by atoms with E-state index in [1.54, 1.807) is 0 Å². The molecule has 72 valence electrons. The summed E-state index contributed by atoms with van der Waals surface area (Å²) in [5.74, 6) is -0.686. The number of hydrogen-bond donors (Lipinski definition) is 1. The van der Waals surface area contributed by atoms with Gasteiger partial charge in [-0.05, 0) is 0 Å². The first-order valence-corrected chi connectivity index (χ1v) is 4.23. The topological polar surface area (TPSA) is 89.9 Å².